The van der Waals surface area contributed by atoms with Crippen LogP contribution in [0.3, 0.4) is 0 Å². The summed E-state index contributed by atoms with van der Waals surface area (Å²) in [5, 5.41) is 36.5. The van der Waals surface area contributed by atoms with Crippen LogP contribution in [-0.2, 0) is 11.2 Å². The Hall–Kier alpha value is -3.91. The molecule has 0 amide bonds. The van der Waals surface area contributed by atoms with E-state index >= 15 is 0 Å². The third-order valence-electron chi connectivity index (χ3n) is 4.87. The van der Waals surface area contributed by atoms with Crippen LogP contribution in [0.5, 0.6) is 0 Å². The fourth-order valence-electron chi connectivity index (χ4n) is 3.27. The molecule has 8 nitrogen and oxygen atoms in total. The fraction of sp³-hybridized carbons (Fsp3) is 0.174. The Morgan fingerprint density at radius 2 is 1.52 bits per heavy atom. The van der Waals surface area contributed by atoms with Crippen LogP contribution < -0.4 is 0 Å². The maximum absolute atomic E-state index is 12.7. The van der Waals surface area contributed by atoms with E-state index in [4.69, 9.17) is 0 Å². The lowest BCUT2D eigenvalue weighted by atomic mass is 9.88. The van der Waals surface area contributed by atoms with Crippen LogP contribution in [0.1, 0.15) is 32.8 Å². The number of hydrogen-bond donors (Lipinski definition) is 3. The minimum absolute atomic E-state index is 0.00667. The van der Waals surface area contributed by atoms with Gasteiger partial charge in [0.1, 0.15) is 5.69 Å². The zero-order chi connectivity index (χ0) is 22.4. The largest absolute Gasteiger partial charge is 0.479 e. The number of aromatic nitrogens is 2. The molecule has 2 atom stereocenters. The highest BCUT2D eigenvalue weighted by Crippen LogP contribution is 2.23. The molecule has 0 aliphatic rings. The molecule has 158 valence electrons. The molecule has 0 aliphatic heterocycles. The van der Waals surface area contributed by atoms with Gasteiger partial charge in [0, 0.05) is 17.9 Å². The van der Waals surface area contributed by atoms with Crippen molar-refractivity contribution in [1.82, 2.24) is 10.2 Å². The van der Waals surface area contributed by atoms with E-state index in [1.54, 1.807) is 42.5 Å². The Balaban J connectivity index is 1.79. The first kappa shape index (κ1) is 21.8. The summed E-state index contributed by atoms with van der Waals surface area (Å²) in [6.45, 7) is 0. The van der Waals surface area contributed by atoms with Crippen LogP contribution in [0, 0.1) is 5.92 Å². The monoisotopic (exact) mass is 420 g/mol. The van der Waals surface area contributed by atoms with Gasteiger partial charge in [0.25, 0.3) is 0 Å². The molecule has 2 aromatic carbocycles. The quantitative estimate of drug-likeness (QED) is 0.449. The van der Waals surface area contributed by atoms with Gasteiger partial charge >= 0.3 is 11.9 Å². The number of ketones is 1. The summed E-state index contributed by atoms with van der Waals surface area (Å²) in [5.74, 6) is -3.82. The highest BCUT2D eigenvalue weighted by atomic mass is 16.4. The molecular weight excluding hydrogens is 400 g/mol. The Morgan fingerprint density at radius 3 is 2.13 bits per heavy atom. The van der Waals surface area contributed by atoms with Gasteiger partial charge in [-0.25, -0.2) is 9.59 Å². The summed E-state index contributed by atoms with van der Waals surface area (Å²) in [5.41, 5.74) is 1.52. The molecule has 0 saturated carbocycles. The van der Waals surface area contributed by atoms with Crippen molar-refractivity contribution in [2.24, 2.45) is 5.92 Å². The van der Waals surface area contributed by atoms with Gasteiger partial charge in [-0.3, -0.25) is 4.79 Å². The van der Waals surface area contributed by atoms with E-state index < -0.39 is 29.7 Å². The van der Waals surface area contributed by atoms with E-state index in [0.29, 0.717) is 11.3 Å². The minimum atomic E-state index is -1.71. The van der Waals surface area contributed by atoms with Crippen LogP contribution >= 0.6 is 0 Å². The SMILES string of the molecule is O=C(C[C@H](Cc1ccccc1)[C@@H](O)C(=O)O)c1ccc(-c2ccccc2C(=O)O)nn1. The Morgan fingerprint density at radius 1 is 0.839 bits per heavy atom. The molecule has 0 fully saturated rings. The van der Waals surface area contributed by atoms with Gasteiger partial charge in [0.15, 0.2) is 11.9 Å². The second-order valence-corrected chi connectivity index (χ2v) is 7.01. The Bertz CT molecular complexity index is 1080. The second-order valence-electron chi connectivity index (χ2n) is 7.01. The lowest BCUT2D eigenvalue weighted by molar-refractivity contribution is -0.149. The van der Waals surface area contributed by atoms with E-state index in [0.717, 1.165) is 5.56 Å². The number of hydrogen-bond acceptors (Lipinski definition) is 6. The maximum Gasteiger partial charge on any atom is 0.336 e. The first-order valence-electron chi connectivity index (χ1n) is 9.51. The number of carbonyl (C=O) groups excluding carboxylic acids is 1. The van der Waals surface area contributed by atoms with Crippen molar-refractivity contribution in [2.45, 2.75) is 18.9 Å². The predicted molar refractivity (Wildman–Crippen MR) is 111 cm³/mol. The number of rotatable bonds is 9. The van der Waals surface area contributed by atoms with Crippen molar-refractivity contribution in [1.29, 1.82) is 0 Å². The van der Waals surface area contributed by atoms with Gasteiger partial charge in [-0.15, -0.1) is 10.2 Å². The lowest BCUT2D eigenvalue weighted by Gasteiger charge is -2.19. The number of carboxylic acid groups (broad SMARTS) is 2. The van der Waals surface area contributed by atoms with Crippen LogP contribution in [0.25, 0.3) is 11.3 Å². The van der Waals surface area contributed by atoms with Crippen LogP contribution in [0.15, 0.2) is 66.7 Å². The van der Waals surface area contributed by atoms with Gasteiger partial charge in [-0.05, 0) is 30.2 Å². The summed E-state index contributed by atoms with van der Waals surface area (Å²) in [7, 11) is 0. The third-order valence-corrected chi connectivity index (χ3v) is 4.87. The van der Waals surface area contributed by atoms with E-state index in [-0.39, 0.29) is 24.1 Å². The normalized spacial score (nSPS) is 12.7. The molecule has 1 heterocycles. The third kappa shape index (κ3) is 5.37. The van der Waals surface area contributed by atoms with E-state index in [1.807, 2.05) is 6.07 Å². The van der Waals surface area contributed by atoms with E-state index in [1.165, 1.54) is 18.2 Å². The zero-order valence-corrected chi connectivity index (χ0v) is 16.4. The minimum Gasteiger partial charge on any atom is -0.479 e. The molecule has 0 saturated heterocycles. The van der Waals surface area contributed by atoms with Gasteiger partial charge in [0.05, 0.1) is 11.3 Å². The number of nitrogens with zero attached hydrogens (tertiary/aromatic N) is 2. The van der Waals surface area contributed by atoms with Crippen molar-refractivity contribution >= 4 is 17.7 Å². The molecule has 0 radical (unpaired) electrons. The molecule has 31 heavy (non-hydrogen) atoms. The molecule has 0 spiro atoms. The van der Waals surface area contributed by atoms with Gasteiger partial charge in [0.2, 0.25) is 0 Å². The molecule has 3 aromatic rings. The van der Waals surface area contributed by atoms with Crippen molar-refractivity contribution in [2.75, 3.05) is 0 Å². The summed E-state index contributed by atoms with van der Waals surface area (Å²) in [6.07, 6.45) is -1.74. The van der Waals surface area contributed by atoms with E-state index in [9.17, 15) is 29.7 Å². The van der Waals surface area contributed by atoms with Crippen LogP contribution in [-0.4, -0.2) is 49.3 Å². The summed E-state index contributed by atoms with van der Waals surface area (Å²) in [6, 6.07) is 18.2. The Labute approximate surface area is 177 Å². The average molecular weight is 420 g/mol. The number of aliphatic carboxylic acids is 1. The topological polar surface area (TPSA) is 138 Å². The first-order valence-corrected chi connectivity index (χ1v) is 9.51. The van der Waals surface area contributed by atoms with Gasteiger partial charge in [-0.1, -0.05) is 48.5 Å². The summed E-state index contributed by atoms with van der Waals surface area (Å²) >= 11 is 0. The van der Waals surface area contributed by atoms with Crippen molar-refractivity contribution in [3.63, 3.8) is 0 Å². The molecular formula is C23H20N2O6. The fourth-order valence-corrected chi connectivity index (χ4v) is 3.27. The number of Topliss-reactive ketones (excluding diaryl/α,β-unsaturated/α-hetero) is 1. The van der Waals surface area contributed by atoms with Gasteiger partial charge in [-0.2, -0.15) is 0 Å². The molecule has 3 N–H and O–H groups in total. The maximum atomic E-state index is 12.7. The summed E-state index contributed by atoms with van der Waals surface area (Å²) < 4.78 is 0. The second kappa shape index (κ2) is 9.73. The Kier molecular flexibility index (Phi) is 6.84. The van der Waals surface area contributed by atoms with Crippen LogP contribution in [0.2, 0.25) is 0 Å². The van der Waals surface area contributed by atoms with Crippen LogP contribution in [0.4, 0.5) is 0 Å². The first-order chi connectivity index (χ1) is 14.9. The number of aliphatic hydroxyl groups excluding tert-OH is 1. The standard InChI is InChI=1S/C23H20N2O6/c26-20(13-15(21(27)23(30)31)12-14-6-2-1-3-7-14)19-11-10-18(24-25-19)16-8-4-5-9-17(16)22(28)29/h1-11,15,21,27H,12-13H2,(H,28,29)(H,30,31)/t15-,21+/m0/s1. The predicted octanol–water partition coefficient (Wildman–Crippen LogP) is 2.72. The highest BCUT2D eigenvalue weighted by Gasteiger charge is 2.29. The molecule has 1 aromatic heterocycles. The molecule has 3 rings (SSSR count). The summed E-state index contributed by atoms with van der Waals surface area (Å²) in [4.78, 5) is 35.4. The lowest BCUT2D eigenvalue weighted by Crippen LogP contribution is -2.32. The van der Waals surface area contributed by atoms with Crippen molar-refractivity contribution < 1.29 is 29.7 Å². The highest BCUT2D eigenvalue weighted by molar-refractivity contribution is 5.96. The molecule has 8 heteroatoms. The average Bonchev–Trinajstić information content (AvgIpc) is 2.78. The zero-order valence-electron chi connectivity index (χ0n) is 16.4. The molecule has 0 aliphatic carbocycles. The van der Waals surface area contributed by atoms with E-state index in [2.05, 4.69) is 10.2 Å². The van der Waals surface area contributed by atoms with Gasteiger partial charge < -0.3 is 15.3 Å². The smallest absolute Gasteiger partial charge is 0.336 e. The molecule has 0 bridgehead atoms. The number of benzene rings is 2. The van der Waals surface area contributed by atoms with Crippen molar-refractivity contribution in [3.8, 4) is 11.3 Å². The number of aromatic carboxylic acids is 1. The number of carbonyl (C=O) groups is 3. The molecule has 0 unspecified atom stereocenters. The number of carboxylic acids is 2. The van der Waals surface area contributed by atoms with Crippen molar-refractivity contribution in [3.05, 3.63) is 83.6 Å². The number of aliphatic hydroxyl groups is 1.